The second-order valence-corrected chi connectivity index (χ2v) is 68.8. The normalized spacial score (nSPS) is 16.0. The van der Waals surface area contributed by atoms with E-state index in [1.54, 1.807) is 24.3 Å². The van der Waals surface area contributed by atoms with Crippen molar-refractivity contribution in [3.63, 3.8) is 0 Å². The molecule has 2 aromatic carbocycles. The van der Waals surface area contributed by atoms with Crippen LogP contribution in [0.3, 0.4) is 0 Å². The van der Waals surface area contributed by atoms with Gasteiger partial charge in [0.15, 0.2) is 0 Å². The first-order valence-corrected chi connectivity index (χ1v) is 35.1. The molecule has 2 aliphatic carbocycles. The van der Waals surface area contributed by atoms with Crippen molar-refractivity contribution in [3.8, 4) is 0 Å². The standard InChI is InChI=1S/2C11H8F.2CH3.2ClH.GeH2.Hf/c2*12-11-7-3-6-10(8-11)9-4-1-2-5-9;;;;;;/h2*1,3-4,6-8H,2H2;2*1H3;2*1H;1H2;. The van der Waals surface area contributed by atoms with Crippen LogP contribution in [0.1, 0.15) is 24.0 Å². The van der Waals surface area contributed by atoms with Gasteiger partial charge < -0.3 is 0 Å². The summed E-state index contributed by atoms with van der Waals surface area (Å²) in [6.45, 7) is 0. The van der Waals surface area contributed by atoms with Crippen LogP contribution in [0.2, 0.25) is 9.36 Å². The molecule has 2 aliphatic rings. The molecule has 0 nitrogen and oxygen atoms in total. The molecule has 2 aromatic rings. The number of halogens is 4. The van der Waals surface area contributed by atoms with Crippen molar-refractivity contribution in [1.29, 1.82) is 0 Å². The first-order chi connectivity index (χ1) is 13.2. The first kappa shape index (κ1) is 25.5. The third-order valence-electron chi connectivity index (χ3n) is 6.07. The van der Waals surface area contributed by atoms with E-state index in [1.165, 1.54) is 42.2 Å². The molecule has 0 saturated heterocycles. The molecule has 0 aromatic heterocycles. The third kappa shape index (κ3) is 4.69. The first-order valence-electron chi connectivity index (χ1n) is 9.64. The molecule has 0 atom stereocenters. The van der Waals surface area contributed by atoms with Crippen molar-refractivity contribution in [3.05, 3.63) is 102 Å². The van der Waals surface area contributed by atoms with Gasteiger partial charge in [0.05, 0.1) is 0 Å². The molecule has 30 heavy (non-hydrogen) atoms. The topological polar surface area (TPSA) is 0 Å². The molecule has 0 fully saturated rings. The maximum atomic E-state index is 13.9. The van der Waals surface area contributed by atoms with Gasteiger partial charge in [0.25, 0.3) is 0 Å². The fourth-order valence-corrected chi connectivity index (χ4v) is 30.8. The molecule has 0 aliphatic heterocycles. The van der Waals surface area contributed by atoms with E-state index < -0.39 is 15.4 Å². The number of rotatable bonds is 4. The minimum absolute atomic E-state index is 0. The molecule has 0 amide bonds. The molecular weight excluding hydrogens is 648 g/mol. The van der Waals surface area contributed by atoms with Crippen LogP contribution in [-0.4, -0.2) is 12.2 Å². The Kier molecular flexibility index (Phi) is 7.99. The van der Waals surface area contributed by atoms with Crippen molar-refractivity contribution in [1.82, 2.24) is 0 Å². The third-order valence-corrected chi connectivity index (χ3v) is 38.0. The van der Waals surface area contributed by atoms with Gasteiger partial charge in [-0.3, -0.25) is 0 Å². The van der Waals surface area contributed by atoms with Crippen molar-refractivity contribution >= 4 is 48.2 Å². The molecule has 0 unspecified atom stereocenters. The van der Waals surface area contributed by atoms with E-state index in [1.807, 2.05) is 12.1 Å². The van der Waals surface area contributed by atoms with E-state index >= 15 is 0 Å². The molecular formula is C24H26Cl2F2GeHf. The minimum atomic E-state index is -3.56. The molecule has 4 rings (SSSR count). The molecule has 158 valence electrons. The zero-order chi connectivity index (χ0) is 20.0. The van der Waals surface area contributed by atoms with Gasteiger partial charge in [-0.15, -0.1) is 24.8 Å². The summed E-state index contributed by atoms with van der Waals surface area (Å²) >= 11 is -2.32. The average molecular weight is 674 g/mol. The molecule has 6 heteroatoms. The zero-order valence-electron chi connectivity index (χ0n) is 17.1. The molecule has 0 heterocycles. The summed E-state index contributed by atoms with van der Waals surface area (Å²) in [5.41, 5.74) is 4.37. The van der Waals surface area contributed by atoms with Gasteiger partial charge in [-0.1, -0.05) is 0 Å². The number of benzene rings is 2. The predicted octanol–water partition coefficient (Wildman–Crippen LogP) is 7.18. The van der Waals surface area contributed by atoms with Crippen LogP contribution in [0.4, 0.5) is 8.78 Å². The van der Waals surface area contributed by atoms with E-state index in [0.717, 1.165) is 24.0 Å². The summed E-state index contributed by atoms with van der Waals surface area (Å²) in [5.74, 6) is -0.385. The quantitative estimate of drug-likeness (QED) is 0.302. The summed E-state index contributed by atoms with van der Waals surface area (Å²) in [6.07, 6.45) is 10.7. The van der Waals surface area contributed by atoms with E-state index in [-0.39, 0.29) is 36.4 Å². The van der Waals surface area contributed by atoms with Crippen LogP contribution in [0.25, 0.3) is 11.1 Å². The van der Waals surface area contributed by atoms with Crippen LogP contribution < -0.4 is 0 Å². The number of allylic oxidation sites excluding steroid dienone is 8. The summed E-state index contributed by atoms with van der Waals surface area (Å²) in [7, 11) is 0. The average Bonchev–Trinajstić information content (AvgIpc) is 3.32. The molecule has 0 radical (unpaired) electrons. The summed E-state index contributed by atoms with van der Waals surface area (Å²) < 4.78 is 35.9. The van der Waals surface area contributed by atoms with Gasteiger partial charge in [-0.2, -0.15) is 0 Å². The Labute approximate surface area is 195 Å². The van der Waals surface area contributed by atoms with Crippen LogP contribution >= 0.6 is 24.8 Å². The maximum absolute atomic E-state index is 13.9. The van der Waals surface area contributed by atoms with Crippen molar-refractivity contribution in [2.75, 3.05) is 0 Å². The van der Waals surface area contributed by atoms with Gasteiger partial charge in [-0.25, -0.2) is 0 Å². The monoisotopic (exact) mass is 676 g/mol. The predicted molar refractivity (Wildman–Crippen MR) is 129 cm³/mol. The molecule has 0 bridgehead atoms. The molecule has 0 saturated carbocycles. The molecule has 0 N–H and O–H groups in total. The van der Waals surface area contributed by atoms with Crippen molar-refractivity contribution in [2.45, 2.75) is 22.2 Å². The van der Waals surface area contributed by atoms with E-state index in [0.29, 0.717) is 0 Å². The Morgan fingerprint density at radius 2 is 1.13 bits per heavy atom. The second kappa shape index (κ2) is 9.40. The van der Waals surface area contributed by atoms with Gasteiger partial charge in [0.1, 0.15) is 0 Å². The van der Waals surface area contributed by atoms with Gasteiger partial charge >= 0.3 is 172 Å². The zero-order valence-corrected chi connectivity index (χ0v) is 25.3. The Hall–Kier alpha value is -0.747. The van der Waals surface area contributed by atoms with Crippen molar-refractivity contribution in [2.24, 2.45) is 0 Å². The summed E-state index contributed by atoms with van der Waals surface area (Å²) in [4.78, 5) is 0. The number of hydrogen-bond donors (Lipinski definition) is 0. The fraction of sp³-hybridized carbons (Fsp3) is 0.167. The SMILES string of the molecule is Cl.Cl.[CH3][Hf]([CH3])(=[GeH2])([C]1=C(c2cccc(F)c2)C=CC1)[C]1=C(c2cccc(F)c2)C=CC1. The van der Waals surface area contributed by atoms with Gasteiger partial charge in [0.2, 0.25) is 0 Å². The van der Waals surface area contributed by atoms with E-state index in [2.05, 4.69) is 33.7 Å². The Morgan fingerprint density at radius 1 is 0.733 bits per heavy atom. The van der Waals surface area contributed by atoms with Crippen molar-refractivity contribution < 1.29 is 24.2 Å². The van der Waals surface area contributed by atoms with E-state index in [4.69, 9.17) is 0 Å². The summed E-state index contributed by atoms with van der Waals surface area (Å²) in [6, 6.07) is 13.9. The fourth-order valence-electron chi connectivity index (χ4n) is 4.56. The van der Waals surface area contributed by atoms with Gasteiger partial charge in [0, 0.05) is 0 Å². The van der Waals surface area contributed by atoms with Crippen LogP contribution in [-0.2, 0) is 15.4 Å². The van der Waals surface area contributed by atoms with Crippen LogP contribution in [0, 0.1) is 11.6 Å². The Balaban J connectivity index is 0.00000160. The van der Waals surface area contributed by atoms with Crippen LogP contribution in [0.5, 0.6) is 0 Å². The second-order valence-electron chi connectivity index (χ2n) is 8.70. The van der Waals surface area contributed by atoms with E-state index in [9.17, 15) is 8.78 Å². The Morgan fingerprint density at radius 3 is 1.50 bits per heavy atom. The number of hydrogen-bond acceptors (Lipinski definition) is 0. The van der Waals surface area contributed by atoms with Crippen LogP contribution in [0.15, 0.2) is 79.5 Å². The molecule has 0 spiro atoms. The van der Waals surface area contributed by atoms with Gasteiger partial charge in [-0.05, 0) is 0 Å². The Bertz CT molecular complexity index is 1080. The summed E-state index contributed by atoms with van der Waals surface area (Å²) in [5, 5.41) is 0.